The molecule has 1 atom stereocenters. The summed E-state index contributed by atoms with van der Waals surface area (Å²) in [7, 11) is 3.42. The maximum atomic E-state index is 12.6. The molecular weight excluding hydrogens is 296 g/mol. The first-order chi connectivity index (χ1) is 11.1. The highest BCUT2D eigenvalue weighted by Gasteiger charge is 2.36. The average molecular weight is 316 g/mol. The van der Waals surface area contributed by atoms with Crippen LogP contribution in [0.4, 0.5) is 0 Å². The van der Waals surface area contributed by atoms with Gasteiger partial charge in [0.05, 0.1) is 12.9 Å². The first-order valence-electron chi connectivity index (χ1n) is 7.63. The Bertz CT molecular complexity index is 690. The molecule has 0 spiro atoms. The number of likely N-dealkylation sites (tertiary alicyclic amines) is 1. The zero-order valence-corrected chi connectivity index (χ0v) is 13.3. The van der Waals surface area contributed by atoms with Crippen LogP contribution < -0.4 is 0 Å². The van der Waals surface area contributed by atoms with Gasteiger partial charge in [0.2, 0.25) is 5.91 Å². The molecule has 1 aliphatic rings. The third kappa shape index (κ3) is 3.13. The number of hydrogen-bond donors (Lipinski definition) is 0. The highest BCUT2D eigenvalue weighted by atomic mass is 16.4. The maximum absolute atomic E-state index is 12.6. The van der Waals surface area contributed by atoms with Crippen LogP contribution >= 0.6 is 0 Å². The molecule has 3 heterocycles. The van der Waals surface area contributed by atoms with Gasteiger partial charge < -0.3 is 18.8 Å². The number of likely N-dealkylation sites (N-methyl/N-ethyl adjacent to an activating group) is 1. The molecular formula is C16H20N4O3. The fourth-order valence-corrected chi connectivity index (χ4v) is 2.84. The maximum Gasteiger partial charge on any atom is 0.290 e. The zero-order chi connectivity index (χ0) is 16.4. The second-order valence-corrected chi connectivity index (χ2v) is 5.89. The molecule has 0 N–H and O–H groups in total. The SMILES string of the molecule is CN(C)C(=O)[C@@H]1CCCN1C(=O)c1ccc(Cn2ccnc2)o1. The standard InChI is InChI=1S/C16H20N4O3/c1-18(2)15(21)13-4-3-8-20(13)16(22)14-6-5-12(23-14)10-19-9-7-17-11-19/h5-7,9,11,13H,3-4,8,10H2,1-2H3/t13-/m0/s1. The van der Waals surface area contributed by atoms with Gasteiger partial charge in [0, 0.05) is 33.0 Å². The van der Waals surface area contributed by atoms with E-state index in [0.717, 1.165) is 6.42 Å². The van der Waals surface area contributed by atoms with Gasteiger partial charge in [-0.05, 0) is 25.0 Å². The fourth-order valence-electron chi connectivity index (χ4n) is 2.84. The van der Waals surface area contributed by atoms with Gasteiger partial charge in [-0.15, -0.1) is 0 Å². The van der Waals surface area contributed by atoms with Gasteiger partial charge in [-0.3, -0.25) is 9.59 Å². The van der Waals surface area contributed by atoms with Crippen molar-refractivity contribution in [3.05, 3.63) is 42.4 Å². The summed E-state index contributed by atoms with van der Waals surface area (Å²) < 4.78 is 7.52. The van der Waals surface area contributed by atoms with Gasteiger partial charge >= 0.3 is 0 Å². The predicted molar refractivity (Wildman–Crippen MR) is 82.8 cm³/mol. The summed E-state index contributed by atoms with van der Waals surface area (Å²) >= 11 is 0. The van der Waals surface area contributed by atoms with E-state index < -0.39 is 0 Å². The Balaban J connectivity index is 1.72. The Labute approximate surface area is 134 Å². The molecule has 2 aromatic rings. The van der Waals surface area contributed by atoms with Gasteiger partial charge in [-0.25, -0.2) is 4.98 Å². The third-order valence-electron chi connectivity index (χ3n) is 4.01. The lowest BCUT2D eigenvalue weighted by Gasteiger charge is -2.25. The summed E-state index contributed by atoms with van der Waals surface area (Å²) in [5.74, 6) is 0.695. The van der Waals surface area contributed by atoms with Crippen molar-refractivity contribution in [3.8, 4) is 0 Å². The van der Waals surface area contributed by atoms with E-state index >= 15 is 0 Å². The van der Waals surface area contributed by atoms with Gasteiger partial charge in [0.25, 0.3) is 5.91 Å². The van der Waals surface area contributed by atoms with Crippen molar-refractivity contribution >= 4 is 11.8 Å². The molecule has 23 heavy (non-hydrogen) atoms. The molecule has 0 radical (unpaired) electrons. The summed E-state index contributed by atoms with van der Waals surface area (Å²) in [6, 6.07) is 3.07. The molecule has 0 saturated carbocycles. The van der Waals surface area contributed by atoms with Crippen LogP contribution in [0, 0.1) is 0 Å². The minimum Gasteiger partial charge on any atom is -0.454 e. The molecule has 2 aromatic heterocycles. The summed E-state index contributed by atoms with van der Waals surface area (Å²) in [6.07, 6.45) is 6.74. The smallest absolute Gasteiger partial charge is 0.290 e. The number of aromatic nitrogens is 2. The highest BCUT2D eigenvalue weighted by Crippen LogP contribution is 2.22. The number of rotatable bonds is 4. The van der Waals surface area contributed by atoms with Crippen molar-refractivity contribution in [3.63, 3.8) is 0 Å². The van der Waals surface area contributed by atoms with Crippen molar-refractivity contribution in [1.82, 2.24) is 19.4 Å². The van der Waals surface area contributed by atoms with Crippen LogP contribution in [0.5, 0.6) is 0 Å². The Morgan fingerprint density at radius 2 is 2.22 bits per heavy atom. The molecule has 1 fully saturated rings. The molecule has 0 bridgehead atoms. The van der Waals surface area contributed by atoms with Gasteiger partial charge in [-0.2, -0.15) is 0 Å². The normalized spacial score (nSPS) is 17.5. The lowest BCUT2D eigenvalue weighted by molar-refractivity contribution is -0.132. The molecule has 1 aliphatic heterocycles. The summed E-state index contributed by atoms with van der Waals surface area (Å²) in [5.41, 5.74) is 0. The average Bonchev–Trinajstić information content (AvgIpc) is 3.27. The number of carbonyl (C=O) groups excluding carboxylic acids is 2. The number of hydrogen-bond acceptors (Lipinski definition) is 4. The van der Waals surface area contributed by atoms with E-state index in [1.54, 1.807) is 43.7 Å². The van der Waals surface area contributed by atoms with Crippen LogP contribution in [0.1, 0.15) is 29.2 Å². The number of nitrogens with zero attached hydrogens (tertiary/aromatic N) is 4. The van der Waals surface area contributed by atoms with Crippen LogP contribution in [-0.4, -0.2) is 57.8 Å². The molecule has 122 valence electrons. The molecule has 3 rings (SSSR count). The van der Waals surface area contributed by atoms with Crippen molar-refractivity contribution < 1.29 is 14.0 Å². The molecule has 7 heteroatoms. The van der Waals surface area contributed by atoms with Crippen LogP contribution in [0.15, 0.2) is 35.3 Å². The van der Waals surface area contributed by atoms with Crippen molar-refractivity contribution in [2.45, 2.75) is 25.4 Å². The number of amides is 2. The molecule has 2 amide bonds. The second kappa shape index (κ2) is 6.28. The van der Waals surface area contributed by atoms with Crippen molar-refractivity contribution in [2.24, 2.45) is 0 Å². The Hall–Kier alpha value is -2.57. The number of imidazole rings is 1. The van der Waals surface area contributed by atoms with Crippen LogP contribution in [0.25, 0.3) is 0 Å². The minimum atomic E-state index is -0.389. The highest BCUT2D eigenvalue weighted by molar-refractivity contribution is 5.96. The summed E-state index contributed by atoms with van der Waals surface area (Å²) in [4.78, 5) is 32.0. The van der Waals surface area contributed by atoms with E-state index in [0.29, 0.717) is 25.3 Å². The van der Waals surface area contributed by atoms with E-state index in [2.05, 4.69) is 4.98 Å². The van der Waals surface area contributed by atoms with Crippen LogP contribution in [0.2, 0.25) is 0 Å². The quantitative estimate of drug-likeness (QED) is 0.850. The lowest BCUT2D eigenvalue weighted by atomic mass is 10.2. The minimum absolute atomic E-state index is 0.0407. The number of carbonyl (C=O) groups is 2. The van der Waals surface area contributed by atoms with Gasteiger partial charge in [-0.1, -0.05) is 0 Å². The van der Waals surface area contributed by atoms with Gasteiger partial charge in [0.15, 0.2) is 5.76 Å². The second-order valence-electron chi connectivity index (χ2n) is 5.89. The van der Waals surface area contributed by atoms with Crippen molar-refractivity contribution in [1.29, 1.82) is 0 Å². The van der Waals surface area contributed by atoms with E-state index in [4.69, 9.17) is 4.42 Å². The Morgan fingerprint density at radius 1 is 1.39 bits per heavy atom. The summed E-state index contributed by atoms with van der Waals surface area (Å²) in [5, 5.41) is 0. The largest absolute Gasteiger partial charge is 0.454 e. The van der Waals surface area contributed by atoms with Gasteiger partial charge in [0.1, 0.15) is 11.8 Å². The fraction of sp³-hybridized carbons (Fsp3) is 0.438. The third-order valence-corrected chi connectivity index (χ3v) is 4.01. The van der Waals surface area contributed by atoms with E-state index in [1.807, 2.05) is 10.8 Å². The molecule has 7 nitrogen and oxygen atoms in total. The zero-order valence-electron chi connectivity index (χ0n) is 13.3. The number of furan rings is 1. The Kier molecular flexibility index (Phi) is 4.18. The first kappa shape index (κ1) is 15.3. The Morgan fingerprint density at radius 3 is 2.91 bits per heavy atom. The van der Waals surface area contributed by atoms with Crippen molar-refractivity contribution in [2.75, 3.05) is 20.6 Å². The van der Waals surface area contributed by atoms with E-state index in [1.165, 1.54) is 4.90 Å². The molecule has 0 unspecified atom stereocenters. The predicted octanol–water partition coefficient (Wildman–Crippen LogP) is 1.22. The molecule has 0 aliphatic carbocycles. The summed E-state index contributed by atoms with van der Waals surface area (Å²) in [6.45, 7) is 1.11. The van der Waals surface area contributed by atoms with Crippen LogP contribution in [0.3, 0.4) is 0 Å². The molecule has 1 saturated heterocycles. The van der Waals surface area contributed by atoms with E-state index in [9.17, 15) is 9.59 Å². The first-order valence-corrected chi connectivity index (χ1v) is 7.63. The van der Waals surface area contributed by atoms with Crippen LogP contribution in [-0.2, 0) is 11.3 Å². The molecule has 0 aromatic carbocycles. The topological polar surface area (TPSA) is 71.6 Å². The lowest BCUT2D eigenvalue weighted by Crippen LogP contribution is -2.45. The monoisotopic (exact) mass is 316 g/mol. The van der Waals surface area contributed by atoms with E-state index in [-0.39, 0.29) is 23.6 Å².